The summed E-state index contributed by atoms with van der Waals surface area (Å²) in [6.07, 6.45) is 17.0. The SMILES string of the molecule is CCOC(=O)CCCCCCCCC(=O)OCC.O=C(O)CCC(=O)O.O=C(O)CCCC(=O)O.O=C(O)CCCCCCCC(=O)O.O=C(O)CCCCCCCCC(=O)O. The first-order valence-corrected chi connectivity index (χ1v) is 21.3. The maximum Gasteiger partial charge on any atom is 0.305 e. The Morgan fingerprint density at radius 3 is 0.581 bits per heavy atom. The number of carboxylic acid groups (broad SMARTS) is 8. The molecule has 0 heterocycles. The molecule has 0 aromatic rings. The molecule has 0 atom stereocenters. The Morgan fingerprint density at radius 1 is 0.242 bits per heavy atom. The van der Waals surface area contributed by atoms with Crippen molar-refractivity contribution in [2.75, 3.05) is 13.2 Å². The summed E-state index contributed by atoms with van der Waals surface area (Å²) >= 11 is 0. The van der Waals surface area contributed by atoms with Crippen LogP contribution in [0.2, 0.25) is 0 Å². The van der Waals surface area contributed by atoms with Crippen molar-refractivity contribution in [3.05, 3.63) is 0 Å². The van der Waals surface area contributed by atoms with E-state index in [9.17, 15) is 47.9 Å². The molecule has 0 aliphatic rings. The van der Waals surface area contributed by atoms with Gasteiger partial charge in [0.15, 0.2) is 0 Å². The third-order valence-electron chi connectivity index (χ3n) is 7.77. The second-order valence-electron chi connectivity index (χ2n) is 13.6. The summed E-state index contributed by atoms with van der Waals surface area (Å²) in [6, 6.07) is 0. The summed E-state index contributed by atoms with van der Waals surface area (Å²) < 4.78 is 9.69. The Bertz CT molecular complexity index is 1130. The molecule has 0 amide bonds. The summed E-state index contributed by atoms with van der Waals surface area (Å²) in [5.74, 6) is -7.24. The van der Waals surface area contributed by atoms with Gasteiger partial charge >= 0.3 is 59.7 Å². The van der Waals surface area contributed by atoms with Gasteiger partial charge in [0.2, 0.25) is 0 Å². The van der Waals surface area contributed by atoms with Crippen molar-refractivity contribution in [3.63, 3.8) is 0 Å². The van der Waals surface area contributed by atoms with Crippen LogP contribution >= 0.6 is 0 Å². The van der Waals surface area contributed by atoms with E-state index in [1.54, 1.807) is 0 Å². The van der Waals surface area contributed by atoms with E-state index in [4.69, 9.17) is 50.3 Å². The van der Waals surface area contributed by atoms with E-state index in [0.29, 0.717) is 38.9 Å². The van der Waals surface area contributed by atoms with Crippen molar-refractivity contribution < 1.29 is 98.3 Å². The molecular formula is C42H74O20. The van der Waals surface area contributed by atoms with Gasteiger partial charge < -0.3 is 50.3 Å². The van der Waals surface area contributed by atoms with Gasteiger partial charge in [0, 0.05) is 51.4 Å². The van der Waals surface area contributed by atoms with E-state index >= 15 is 0 Å². The molecule has 20 nitrogen and oxygen atoms in total. The first-order chi connectivity index (χ1) is 29.2. The lowest BCUT2D eigenvalue weighted by molar-refractivity contribution is -0.144. The lowest BCUT2D eigenvalue weighted by Crippen LogP contribution is -2.03. The average Bonchev–Trinajstić information content (AvgIpc) is 3.16. The number of ether oxygens (including phenoxy) is 2. The van der Waals surface area contributed by atoms with Crippen LogP contribution in [0.15, 0.2) is 0 Å². The highest BCUT2D eigenvalue weighted by Gasteiger charge is 2.04. The molecule has 362 valence electrons. The van der Waals surface area contributed by atoms with Crippen LogP contribution in [0, 0.1) is 0 Å². The number of carboxylic acids is 8. The maximum absolute atomic E-state index is 11.0. The summed E-state index contributed by atoms with van der Waals surface area (Å²) in [5.41, 5.74) is 0. The molecule has 0 saturated carbocycles. The van der Waals surface area contributed by atoms with Gasteiger partial charge in [-0.2, -0.15) is 0 Å². The third-order valence-corrected chi connectivity index (χ3v) is 7.77. The predicted molar refractivity (Wildman–Crippen MR) is 224 cm³/mol. The van der Waals surface area contributed by atoms with Gasteiger partial charge in [0.25, 0.3) is 0 Å². The highest BCUT2D eigenvalue weighted by molar-refractivity contribution is 5.75. The van der Waals surface area contributed by atoms with Crippen LogP contribution in [-0.4, -0.2) is 114 Å². The summed E-state index contributed by atoms with van der Waals surface area (Å²) in [5, 5.41) is 65.2. The van der Waals surface area contributed by atoms with Crippen molar-refractivity contribution in [1.29, 1.82) is 0 Å². The largest absolute Gasteiger partial charge is 0.481 e. The first-order valence-electron chi connectivity index (χ1n) is 21.3. The zero-order chi connectivity index (χ0) is 48.4. The molecule has 0 rings (SSSR count). The van der Waals surface area contributed by atoms with E-state index in [-0.39, 0.29) is 69.7 Å². The molecular weight excluding hydrogens is 824 g/mol. The molecule has 0 aromatic heterocycles. The fourth-order valence-electron chi connectivity index (χ4n) is 4.66. The fraction of sp³-hybridized carbons (Fsp3) is 0.762. The van der Waals surface area contributed by atoms with Crippen molar-refractivity contribution in [2.24, 2.45) is 0 Å². The van der Waals surface area contributed by atoms with E-state index in [0.717, 1.165) is 96.3 Å². The average molecular weight is 899 g/mol. The predicted octanol–water partition coefficient (Wildman–Crippen LogP) is 7.66. The number of hydrogen-bond donors (Lipinski definition) is 8. The number of hydrogen-bond acceptors (Lipinski definition) is 12. The van der Waals surface area contributed by atoms with Crippen LogP contribution in [-0.2, 0) is 57.4 Å². The zero-order valence-electron chi connectivity index (χ0n) is 36.7. The van der Waals surface area contributed by atoms with Gasteiger partial charge in [0.05, 0.1) is 26.1 Å². The van der Waals surface area contributed by atoms with Gasteiger partial charge in [-0.25, -0.2) is 0 Å². The monoisotopic (exact) mass is 898 g/mol. The number of aliphatic carboxylic acids is 8. The molecule has 20 heteroatoms. The number of esters is 2. The molecule has 0 fully saturated rings. The Hall–Kier alpha value is -5.30. The minimum absolute atomic E-state index is 0.0632. The highest BCUT2D eigenvalue weighted by Crippen LogP contribution is 2.10. The second-order valence-corrected chi connectivity index (χ2v) is 13.6. The van der Waals surface area contributed by atoms with Gasteiger partial charge in [-0.3, -0.25) is 47.9 Å². The summed E-state index contributed by atoms with van der Waals surface area (Å²) in [7, 11) is 0. The smallest absolute Gasteiger partial charge is 0.305 e. The number of unbranched alkanes of at least 4 members (excludes halogenated alkanes) is 14. The summed E-state index contributed by atoms with van der Waals surface area (Å²) in [4.78, 5) is 101. The Labute approximate surface area is 364 Å². The lowest BCUT2D eigenvalue weighted by atomic mass is 10.1. The highest BCUT2D eigenvalue weighted by atomic mass is 16.5. The molecule has 8 N–H and O–H groups in total. The standard InChI is InChI=1S/C14H26O4.C10H18O4.C9H16O4.C5H8O4.C4H6O4/c1-3-17-13(15)11-9-7-5-6-8-10-12-14(16)18-4-2;11-9(12)7-5-3-1-2-4-6-8-10(13)14;10-8(11)6-4-2-1-3-5-7-9(12)13;6-4(7)2-1-3-5(8)9;5-3(6)1-2-4(7)8/h3-12H2,1-2H3;1-8H2,(H,11,12)(H,13,14);1-7H2,(H,10,11)(H,12,13);1-3H2,(H,6,7)(H,8,9);1-2H2,(H,5,6)(H,7,8). The maximum atomic E-state index is 11.0. The lowest BCUT2D eigenvalue weighted by Gasteiger charge is -2.03. The summed E-state index contributed by atoms with van der Waals surface area (Å²) in [6.45, 7) is 4.57. The minimum atomic E-state index is -1.08. The van der Waals surface area contributed by atoms with E-state index in [1.165, 1.54) is 0 Å². The van der Waals surface area contributed by atoms with E-state index in [1.807, 2.05) is 13.8 Å². The van der Waals surface area contributed by atoms with Crippen LogP contribution in [0.4, 0.5) is 0 Å². The molecule has 0 radical (unpaired) electrons. The topological polar surface area (TPSA) is 351 Å². The van der Waals surface area contributed by atoms with Gasteiger partial charge in [-0.1, -0.05) is 70.6 Å². The Balaban J connectivity index is -0.000000225. The van der Waals surface area contributed by atoms with Crippen LogP contribution < -0.4 is 0 Å². The molecule has 0 aliphatic heterocycles. The molecule has 0 bridgehead atoms. The minimum Gasteiger partial charge on any atom is -0.481 e. The van der Waals surface area contributed by atoms with Crippen LogP contribution in [0.1, 0.15) is 194 Å². The number of carbonyl (C=O) groups excluding carboxylic acids is 2. The number of rotatable bonds is 35. The molecule has 0 spiro atoms. The second kappa shape index (κ2) is 51.8. The molecule has 62 heavy (non-hydrogen) atoms. The molecule has 0 saturated heterocycles. The zero-order valence-corrected chi connectivity index (χ0v) is 36.7. The quantitative estimate of drug-likeness (QED) is 0.0223. The van der Waals surface area contributed by atoms with Crippen molar-refractivity contribution >= 4 is 59.7 Å². The van der Waals surface area contributed by atoms with Crippen molar-refractivity contribution in [3.8, 4) is 0 Å². The van der Waals surface area contributed by atoms with Gasteiger partial charge in [-0.15, -0.1) is 0 Å². The van der Waals surface area contributed by atoms with Gasteiger partial charge in [-0.05, 0) is 58.8 Å². The van der Waals surface area contributed by atoms with Gasteiger partial charge in [0.1, 0.15) is 0 Å². The van der Waals surface area contributed by atoms with Crippen LogP contribution in [0.25, 0.3) is 0 Å². The molecule has 0 aliphatic carbocycles. The Morgan fingerprint density at radius 2 is 0.403 bits per heavy atom. The molecule has 0 aromatic carbocycles. The van der Waals surface area contributed by atoms with Crippen LogP contribution in [0.3, 0.4) is 0 Å². The van der Waals surface area contributed by atoms with E-state index < -0.39 is 47.8 Å². The first kappa shape index (κ1) is 65.8. The Kier molecular flexibility index (Phi) is 55.0. The third kappa shape index (κ3) is 82.6. The van der Waals surface area contributed by atoms with Crippen molar-refractivity contribution in [2.45, 2.75) is 194 Å². The fourth-order valence-corrected chi connectivity index (χ4v) is 4.66. The van der Waals surface area contributed by atoms with E-state index in [2.05, 4.69) is 0 Å². The number of carbonyl (C=O) groups is 10. The molecule has 0 unspecified atom stereocenters. The normalized spacial score (nSPS) is 9.65. The van der Waals surface area contributed by atoms with Crippen molar-refractivity contribution in [1.82, 2.24) is 0 Å². The van der Waals surface area contributed by atoms with Crippen LogP contribution in [0.5, 0.6) is 0 Å².